The maximum atomic E-state index is 3.57. The molecule has 0 saturated heterocycles. The third-order valence-corrected chi connectivity index (χ3v) is 4.13. The van der Waals surface area contributed by atoms with Crippen LogP contribution in [-0.2, 0) is 13.6 Å². The highest BCUT2D eigenvalue weighted by Gasteiger charge is 2.17. The van der Waals surface area contributed by atoms with Crippen LogP contribution in [0.3, 0.4) is 0 Å². The Labute approximate surface area is 105 Å². The second kappa shape index (κ2) is 6.25. The summed E-state index contributed by atoms with van der Waals surface area (Å²) >= 11 is 0. The highest BCUT2D eigenvalue weighted by atomic mass is 15.0. The van der Waals surface area contributed by atoms with Crippen LogP contribution in [0.5, 0.6) is 0 Å². The third-order valence-electron chi connectivity index (χ3n) is 4.13. The van der Waals surface area contributed by atoms with E-state index < -0.39 is 0 Å². The number of hydrogen-bond acceptors (Lipinski definition) is 1. The van der Waals surface area contributed by atoms with Crippen LogP contribution in [0.15, 0.2) is 18.3 Å². The first-order valence-electron chi connectivity index (χ1n) is 7.06. The van der Waals surface area contributed by atoms with Crippen LogP contribution in [0.25, 0.3) is 0 Å². The molecule has 1 N–H and O–H groups in total. The second-order valence-corrected chi connectivity index (χ2v) is 5.71. The average molecular weight is 234 g/mol. The van der Waals surface area contributed by atoms with Crippen LogP contribution >= 0.6 is 0 Å². The van der Waals surface area contributed by atoms with Gasteiger partial charge < -0.3 is 9.88 Å². The van der Waals surface area contributed by atoms with E-state index in [1.807, 2.05) is 0 Å². The molecule has 1 aromatic heterocycles. The second-order valence-electron chi connectivity index (χ2n) is 5.71. The van der Waals surface area contributed by atoms with Gasteiger partial charge in [0.1, 0.15) is 0 Å². The quantitative estimate of drug-likeness (QED) is 0.773. The summed E-state index contributed by atoms with van der Waals surface area (Å²) in [5.74, 6) is 1.93. The molecule has 17 heavy (non-hydrogen) atoms. The van der Waals surface area contributed by atoms with E-state index in [-0.39, 0.29) is 0 Å². The Balaban J connectivity index is 1.61. The van der Waals surface area contributed by atoms with Crippen LogP contribution in [0.4, 0.5) is 0 Å². The van der Waals surface area contributed by atoms with E-state index in [1.54, 1.807) is 0 Å². The number of hydrogen-bond donors (Lipinski definition) is 1. The zero-order valence-electron chi connectivity index (χ0n) is 11.3. The Hall–Kier alpha value is -0.760. The fourth-order valence-corrected chi connectivity index (χ4v) is 3.02. The SMILES string of the molecule is CC1CCCC(CCNCc2cccn2C)C1. The molecular formula is C15H26N2. The van der Waals surface area contributed by atoms with E-state index in [0.717, 1.165) is 18.4 Å². The normalized spacial score (nSPS) is 25.1. The molecule has 2 unspecified atom stereocenters. The fourth-order valence-electron chi connectivity index (χ4n) is 3.02. The molecule has 96 valence electrons. The van der Waals surface area contributed by atoms with Crippen LogP contribution in [0.1, 0.15) is 44.7 Å². The van der Waals surface area contributed by atoms with Gasteiger partial charge in [-0.15, -0.1) is 0 Å². The lowest BCUT2D eigenvalue weighted by atomic mass is 9.81. The summed E-state index contributed by atoms with van der Waals surface area (Å²) in [6.07, 6.45) is 9.27. The summed E-state index contributed by atoms with van der Waals surface area (Å²) in [6.45, 7) is 4.58. The predicted molar refractivity (Wildman–Crippen MR) is 72.9 cm³/mol. The largest absolute Gasteiger partial charge is 0.353 e. The molecule has 1 fully saturated rings. The fraction of sp³-hybridized carbons (Fsp3) is 0.733. The average Bonchev–Trinajstić information content (AvgIpc) is 2.71. The monoisotopic (exact) mass is 234 g/mol. The van der Waals surface area contributed by atoms with Crippen molar-refractivity contribution in [3.63, 3.8) is 0 Å². The lowest BCUT2D eigenvalue weighted by molar-refractivity contribution is 0.267. The predicted octanol–water partition coefficient (Wildman–Crippen LogP) is 3.33. The molecule has 0 aliphatic heterocycles. The van der Waals surface area contributed by atoms with E-state index >= 15 is 0 Å². The summed E-state index contributed by atoms with van der Waals surface area (Å²) in [5, 5.41) is 3.57. The maximum absolute atomic E-state index is 3.57. The first-order valence-corrected chi connectivity index (χ1v) is 7.06. The van der Waals surface area contributed by atoms with E-state index in [4.69, 9.17) is 0 Å². The van der Waals surface area contributed by atoms with Crippen molar-refractivity contribution in [1.82, 2.24) is 9.88 Å². The van der Waals surface area contributed by atoms with Gasteiger partial charge in [-0.3, -0.25) is 0 Å². The summed E-state index contributed by atoms with van der Waals surface area (Å²) in [7, 11) is 2.11. The minimum Gasteiger partial charge on any atom is -0.353 e. The molecule has 2 atom stereocenters. The number of aryl methyl sites for hydroxylation is 1. The van der Waals surface area contributed by atoms with Gasteiger partial charge in [0, 0.05) is 25.5 Å². The van der Waals surface area contributed by atoms with Crippen molar-refractivity contribution in [3.8, 4) is 0 Å². The number of rotatable bonds is 5. The minimum absolute atomic E-state index is 0.960. The van der Waals surface area contributed by atoms with Crippen molar-refractivity contribution in [1.29, 1.82) is 0 Å². The highest BCUT2D eigenvalue weighted by Crippen LogP contribution is 2.30. The Morgan fingerprint density at radius 2 is 2.29 bits per heavy atom. The molecule has 1 aliphatic carbocycles. The van der Waals surface area contributed by atoms with Crippen molar-refractivity contribution in [2.24, 2.45) is 18.9 Å². The van der Waals surface area contributed by atoms with Crippen LogP contribution in [-0.4, -0.2) is 11.1 Å². The van der Waals surface area contributed by atoms with E-state index in [2.05, 4.69) is 42.2 Å². The van der Waals surface area contributed by atoms with Gasteiger partial charge in [-0.2, -0.15) is 0 Å². The molecule has 0 amide bonds. The zero-order chi connectivity index (χ0) is 12.1. The van der Waals surface area contributed by atoms with Crippen molar-refractivity contribution < 1.29 is 0 Å². The summed E-state index contributed by atoms with van der Waals surface area (Å²) in [5.41, 5.74) is 1.38. The topological polar surface area (TPSA) is 17.0 Å². The van der Waals surface area contributed by atoms with Gasteiger partial charge in [-0.05, 0) is 43.4 Å². The molecule has 0 aromatic carbocycles. The van der Waals surface area contributed by atoms with Gasteiger partial charge in [0.2, 0.25) is 0 Å². The molecule has 2 heteroatoms. The van der Waals surface area contributed by atoms with Crippen molar-refractivity contribution in [2.75, 3.05) is 6.54 Å². The summed E-state index contributed by atoms with van der Waals surface area (Å²) < 4.78 is 2.19. The Morgan fingerprint density at radius 3 is 3.00 bits per heavy atom. The molecule has 1 saturated carbocycles. The Kier molecular flexibility index (Phi) is 4.66. The zero-order valence-corrected chi connectivity index (χ0v) is 11.3. The number of nitrogens with zero attached hydrogens (tertiary/aromatic N) is 1. The molecule has 2 rings (SSSR count). The Morgan fingerprint density at radius 1 is 1.41 bits per heavy atom. The van der Waals surface area contributed by atoms with Crippen molar-refractivity contribution >= 4 is 0 Å². The van der Waals surface area contributed by atoms with Gasteiger partial charge in [0.15, 0.2) is 0 Å². The molecule has 0 spiro atoms. The lowest BCUT2D eigenvalue weighted by Gasteiger charge is -2.26. The number of nitrogens with one attached hydrogen (secondary N) is 1. The summed E-state index contributed by atoms with van der Waals surface area (Å²) in [6, 6.07) is 4.30. The summed E-state index contributed by atoms with van der Waals surface area (Å²) in [4.78, 5) is 0. The maximum Gasteiger partial charge on any atom is 0.0359 e. The van der Waals surface area contributed by atoms with Gasteiger partial charge in [0.25, 0.3) is 0 Å². The molecule has 1 aliphatic rings. The molecule has 0 bridgehead atoms. The smallest absolute Gasteiger partial charge is 0.0359 e. The van der Waals surface area contributed by atoms with Crippen molar-refractivity contribution in [3.05, 3.63) is 24.0 Å². The van der Waals surface area contributed by atoms with Crippen molar-refractivity contribution in [2.45, 2.75) is 45.6 Å². The van der Waals surface area contributed by atoms with E-state index in [0.29, 0.717) is 0 Å². The first-order chi connectivity index (χ1) is 8.25. The standard InChI is InChI=1S/C15H26N2/c1-13-5-3-6-14(11-13)8-9-16-12-15-7-4-10-17(15)2/h4,7,10,13-14,16H,3,5-6,8-9,11-12H2,1-2H3. The first kappa shape index (κ1) is 12.7. The minimum atomic E-state index is 0.960. The third kappa shape index (κ3) is 3.88. The highest BCUT2D eigenvalue weighted by molar-refractivity contribution is 5.05. The van der Waals surface area contributed by atoms with Crippen LogP contribution in [0.2, 0.25) is 0 Å². The van der Waals surface area contributed by atoms with E-state index in [9.17, 15) is 0 Å². The van der Waals surface area contributed by atoms with Gasteiger partial charge >= 0.3 is 0 Å². The van der Waals surface area contributed by atoms with E-state index in [1.165, 1.54) is 44.3 Å². The van der Waals surface area contributed by atoms with Gasteiger partial charge in [-0.1, -0.05) is 26.2 Å². The number of aromatic nitrogens is 1. The Bertz CT molecular complexity index is 329. The van der Waals surface area contributed by atoms with Crippen LogP contribution < -0.4 is 5.32 Å². The molecule has 1 aromatic rings. The molecule has 1 heterocycles. The molecule has 2 nitrogen and oxygen atoms in total. The van der Waals surface area contributed by atoms with Crippen LogP contribution in [0, 0.1) is 11.8 Å². The molecular weight excluding hydrogens is 208 g/mol. The van der Waals surface area contributed by atoms with Gasteiger partial charge in [-0.25, -0.2) is 0 Å². The lowest BCUT2D eigenvalue weighted by Crippen LogP contribution is -2.21. The molecule has 0 radical (unpaired) electrons. The van der Waals surface area contributed by atoms with Gasteiger partial charge in [0.05, 0.1) is 0 Å².